The van der Waals surface area contributed by atoms with Crippen molar-refractivity contribution >= 4 is 51.0 Å². The van der Waals surface area contributed by atoms with Crippen molar-refractivity contribution in [3.05, 3.63) is 68.0 Å². The number of methoxy groups -OCH3 is 1. The van der Waals surface area contributed by atoms with E-state index in [1.165, 1.54) is 11.8 Å². The van der Waals surface area contributed by atoms with Crippen molar-refractivity contribution in [2.75, 3.05) is 19.5 Å². The van der Waals surface area contributed by atoms with Crippen LogP contribution in [0.15, 0.2) is 58.5 Å². The molecule has 3 aromatic rings. The summed E-state index contributed by atoms with van der Waals surface area (Å²) in [5.74, 6) is 0.248. The number of benzene rings is 2. The van der Waals surface area contributed by atoms with E-state index >= 15 is 0 Å². The van der Waals surface area contributed by atoms with Gasteiger partial charge in [0.15, 0.2) is 10.9 Å². The molecule has 0 fully saturated rings. The van der Waals surface area contributed by atoms with Crippen molar-refractivity contribution in [3.8, 4) is 0 Å². The SMILES string of the molecule is COCCCn1c(SCC(=O)c2ccc(I)cc2)nc2ccccc2c1=O. The number of ether oxygens (including phenoxy) is 1. The van der Waals surface area contributed by atoms with E-state index in [2.05, 4.69) is 27.6 Å². The average molecular weight is 494 g/mol. The van der Waals surface area contributed by atoms with E-state index in [-0.39, 0.29) is 17.1 Å². The lowest BCUT2D eigenvalue weighted by molar-refractivity contribution is 0.102. The Morgan fingerprint density at radius 3 is 2.67 bits per heavy atom. The quantitative estimate of drug-likeness (QED) is 0.156. The molecule has 0 aliphatic rings. The summed E-state index contributed by atoms with van der Waals surface area (Å²) >= 11 is 3.51. The van der Waals surface area contributed by atoms with Crippen LogP contribution in [0.2, 0.25) is 0 Å². The van der Waals surface area contributed by atoms with Gasteiger partial charge in [0.05, 0.1) is 16.7 Å². The molecule has 0 atom stereocenters. The minimum atomic E-state index is -0.0825. The number of halogens is 1. The first-order valence-electron chi connectivity index (χ1n) is 8.50. The van der Waals surface area contributed by atoms with Crippen molar-refractivity contribution in [2.45, 2.75) is 18.1 Å². The summed E-state index contributed by atoms with van der Waals surface area (Å²) in [7, 11) is 1.64. The molecule has 27 heavy (non-hydrogen) atoms. The zero-order valence-corrected chi connectivity index (χ0v) is 17.8. The predicted molar refractivity (Wildman–Crippen MR) is 117 cm³/mol. The molecular formula is C20H19IN2O3S. The summed E-state index contributed by atoms with van der Waals surface area (Å²) in [6.07, 6.45) is 0.703. The molecule has 0 radical (unpaired) electrons. The Labute approximate surface area is 175 Å². The fraction of sp³-hybridized carbons (Fsp3) is 0.250. The second kappa shape index (κ2) is 9.48. The van der Waals surface area contributed by atoms with Crippen molar-refractivity contribution < 1.29 is 9.53 Å². The first-order chi connectivity index (χ1) is 13.1. The molecule has 0 amide bonds. The maximum atomic E-state index is 12.9. The van der Waals surface area contributed by atoms with E-state index in [1.807, 2.05) is 42.5 Å². The Balaban J connectivity index is 1.87. The topological polar surface area (TPSA) is 61.2 Å². The molecule has 7 heteroatoms. The number of para-hydroxylation sites is 1. The number of hydrogen-bond acceptors (Lipinski definition) is 5. The number of nitrogens with zero attached hydrogens (tertiary/aromatic N) is 2. The van der Waals surface area contributed by atoms with E-state index in [0.717, 1.165) is 3.57 Å². The van der Waals surface area contributed by atoms with Gasteiger partial charge in [0.1, 0.15) is 0 Å². The summed E-state index contributed by atoms with van der Waals surface area (Å²) in [6.45, 7) is 1.06. The average Bonchev–Trinajstić information content (AvgIpc) is 2.68. The zero-order chi connectivity index (χ0) is 19.2. The van der Waals surface area contributed by atoms with E-state index in [9.17, 15) is 9.59 Å². The van der Waals surface area contributed by atoms with Crippen LogP contribution in [-0.4, -0.2) is 34.8 Å². The van der Waals surface area contributed by atoms with Gasteiger partial charge in [-0.05, 0) is 53.3 Å². The zero-order valence-electron chi connectivity index (χ0n) is 14.9. The van der Waals surface area contributed by atoms with Crippen LogP contribution in [0.25, 0.3) is 10.9 Å². The van der Waals surface area contributed by atoms with Crippen LogP contribution >= 0.6 is 34.4 Å². The lowest BCUT2D eigenvalue weighted by Gasteiger charge is -2.12. The third-order valence-corrected chi connectivity index (χ3v) is 5.75. The van der Waals surface area contributed by atoms with Crippen molar-refractivity contribution in [2.24, 2.45) is 0 Å². The van der Waals surface area contributed by atoms with Gasteiger partial charge in [0, 0.05) is 29.4 Å². The molecule has 3 rings (SSSR count). The number of ketones is 1. The van der Waals surface area contributed by atoms with Crippen molar-refractivity contribution in [1.82, 2.24) is 9.55 Å². The minimum absolute atomic E-state index is 0.0160. The number of carbonyl (C=O) groups is 1. The molecule has 0 unspecified atom stereocenters. The lowest BCUT2D eigenvalue weighted by atomic mass is 10.2. The summed E-state index contributed by atoms with van der Waals surface area (Å²) in [6, 6.07) is 14.8. The Morgan fingerprint density at radius 2 is 1.93 bits per heavy atom. The molecule has 0 bridgehead atoms. The van der Waals surface area contributed by atoms with Gasteiger partial charge in [-0.15, -0.1) is 0 Å². The second-order valence-corrected chi connectivity index (χ2v) is 8.12. The van der Waals surface area contributed by atoms with Gasteiger partial charge in [-0.25, -0.2) is 4.98 Å². The van der Waals surface area contributed by atoms with E-state index in [1.54, 1.807) is 17.7 Å². The van der Waals surface area contributed by atoms with Gasteiger partial charge < -0.3 is 4.74 Å². The van der Waals surface area contributed by atoms with Crippen molar-refractivity contribution in [1.29, 1.82) is 0 Å². The fourth-order valence-corrected chi connectivity index (χ4v) is 3.95. The lowest BCUT2D eigenvalue weighted by Crippen LogP contribution is -2.24. The van der Waals surface area contributed by atoms with Gasteiger partial charge in [0.2, 0.25) is 0 Å². The van der Waals surface area contributed by atoms with Gasteiger partial charge in [0.25, 0.3) is 5.56 Å². The molecule has 0 aliphatic carbocycles. The maximum Gasteiger partial charge on any atom is 0.262 e. The molecule has 0 N–H and O–H groups in total. The Morgan fingerprint density at radius 1 is 1.19 bits per heavy atom. The highest BCUT2D eigenvalue weighted by Gasteiger charge is 2.14. The third-order valence-electron chi connectivity index (χ3n) is 4.06. The van der Waals surface area contributed by atoms with Crippen LogP contribution < -0.4 is 5.56 Å². The number of carbonyl (C=O) groups excluding carboxylic acids is 1. The number of fused-ring (bicyclic) bond motifs is 1. The molecule has 5 nitrogen and oxygen atoms in total. The fourth-order valence-electron chi connectivity index (χ4n) is 2.67. The molecule has 140 valence electrons. The van der Waals surface area contributed by atoms with Gasteiger partial charge >= 0.3 is 0 Å². The largest absolute Gasteiger partial charge is 0.385 e. The van der Waals surface area contributed by atoms with Crippen LogP contribution in [0, 0.1) is 3.57 Å². The molecule has 1 aromatic heterocycles. The molecule has 0 aliphatic heterocycles. The summed E-state index contributed by atoms with van der Waals surface area (Å²) in [4.78, 5) is 30.0. The number of aromatic nitrogens is 2. The number of thioether (sulfide) groups is 1. The highest BCUT2D eigenvalue weighted by atomic mass is 127. The van der Waals surface area contributed by atoms with Crippen LogP contribution in [-0.2, 0) is 11.3 Å². The second-order valence-electron chi connectivity index (χ2n) is 5.93. The molecule has 0 saturated heterocycles. The summed E-state index contributed by atoms with van der Waals surface area (Å²) in [5.41, 5.74) is 1.23. The minimum Gasteiger partial charge on any atom is -0.385 e. The summed E-state index contributed by atoms with van der Waals surface area (Å²) in [5, 5.41) is 1.15. The Hall–Kier alpha value is -1.71. The Kier molecular flexibility index (Phi) is 7.03. The molecule has 0 spiro atoms. The van der Waals surface area contributed by atoms with E-state index in [0.29, 0.717) is 41.2 Å². The standard InChI is InChI=1S/C20H19IN2O3S/c1-26-12-4-11-23-19(25)16-5-2-3-6-17(16)22-20(23)27-13-18(24)14-7-9-15(21)10-8-14/h2-3,5-10H,4,11-13H2,1H3. The number of hydrogen-bond donors (Lipinski definition) is 0. The predicted octanol–water partition coefficient (Wildman–Crippen LogP) is 4.01. The number of rotatable bonds is 8. The molecule has 1 heterocycles. The van der Waals surface area contributed by atoms with E-state index < -0.39 is 0 Å². The van der Waals surface area contributed by atoms with Gasteiger partial charge in [-0.3, -0.25) is 14.2 Å². The molecule has 0 saturated carbocycles. The third kappa shape index (κ3) is 4.97. The number of Topliss-reactive ketones (excluding diaryl/α,β-unsaturated/α-hetero) is 1. The van der Waals surface area contributed by atoms with Crippen LogP contribution in [0.3, 0.4) is 0 Å². The Bertz CT molecular complexity index is 1000. The summed E-state index contributed by atoms with van der Waals surface area (Å²) < 4.78 is 7.83. The molecular weight excluding hydrogens is 475 g/mol. The first kappa shape index (κ1) is 20.0. The smallest absolute Gasteiger partial charge is 0.262 e. The van der Waals surface area contributed by atoms with Crippen LogP contribution in [0.5, 0.6) is 0 Å². The first-order valence-corrected chi connectivity index (χ1v) is 10.6. The van der Waals surface area contributed by atoms with E-state index in [4.69, 9.17) is 4.74 Å². The van der Waals surface area contributed by atoms with Gasteiger partial charge in [-0.2, -0.15) is 0 Å². The maximum absolute atomic E-state index is 12.9. The normalized spacial score (nSPS) is 11.0. The van der Waals surface area contributed by atoms with Crippen LogP contribution in [0.4, 0.5) is 0 Å². The molecule has 2 aromatic carbocycles. The monoisotopic (exact) mass is 494 g/mol. The highest BCUT2D eigenvalue weighted by Crippen LogP contribution is 2.20. The van der Waals surface area contributed by atoms with Crippen molar-refractivity contribution in [3.63, 3.8) is 0 Å². The van der Waals surface area contributed by atoms with Crippen LogP contribution in [0.1, 0.15) is 16.8 Å². The highest BCUT2D eigenvalue weighted by molar-refractivity contribution is 14.1. The van der Waals surface area contributed by atoms with Gasteiger partial charge in [-0.1, -0.05) is 36.0 Å².